The van der Waals surface area contributed by atoms with E-state index in [9.17, 15) is 24.5 Å². The first kappa shape index (κ1) is 29.9. The molecule has 1 aliphatic rings. The minimum Gasteiger partial charge on any atom is -0.497 e. The zero-order chi connectivity index (χ0) is 29.5. The second-order valence-corrected chi connectivity index (χ2v) is 10.7. The van der Waals surface area contributed by atoms with Crippen molar-refractivity contribution >= 4 is 68.9 Å². The molecule has 3 aromatic carbocycles. The highest BCUT2D eigenvalue weighted by atomic mass is 127. The fraction of sp³-hybridized carbons (Fsp3) is 0.179. The zero-order valence-corrected chi connectivity index (χ0v) is 24.9. The Balaban J connectivity index is 1.47. The number of non-ortho nitro benzene ring substituents is 1. The number of carbonyl (C=O) groups is 3. The largest absolute Gasteiger partial charge is 0.497 e. The van der Waals surface area contributed by atoms with Gasteiger partial charge in [-0.15, -0.1) is 0 Å². The third kappa shape index (κ3) is 7.55. The van der Waals surface area contributed by atoms with E-state index < -0.39 is 28.5 Å². The lowest BCUT2D eigenvalue weighted by molar-refractivity contribution is -0.384. The Morgan fingerprint density at radius 2 is 1.88 bits per heavy atom. The summed E-state index contributed by atoms with van der Waals surface area (Å²) in [5.41, 5.74) is 1.68. The zero-order valence-electron chi connectivity index (χ0n) is 21.9. The van der Waals surface area contributed by atoms with E-state index in [1.165, 1.54) is 19.2 Å². The van der Waals surface area contributed by atoms with Gasteiger partial charge in [0.15, 0.2) is 11.5 Å². The van der Waals surface area contributed by atoms with Crippen LogP contribution >= 0.6 is 34.4 Å². The third-order valence-electron chi connectivity index (χ3n) is 5.68. The average Bonchev–Trinajstić information content (AvgIpc) is 3.20. The number of hydrogen-bond donors (Lipinski definition) is 1. The Morgan fingerprint density at radius 3 is 2.56 bits per heavy atom. The van der Waals surface area contributed by atoms with E-state index in [0.29, 0.717) is 44.2 Å². The highest BCUT2D eigenvalue weighted by molar-refractivity contribution is 14.1. The number of ether oxygens (including phenoxy) is 3. The number of anilines is 1. The Morgan fingerprint density at radius 1 is 1.12 bits per heavy atom. The van der Waals surface area contributed by atoms with Crippen molar-refractivity contribution in [2.45, 2.75) is 13.5 Å². The molecular weight excluding hydrogens is 665 g/mol. The van der Waals surface area contributed by atoms with Crippen LogP contribution in [0.1, 0.15) is 18.1 Å². The highest BCUT2D eigenvalue weighted by Crippen LogP contribution is 2.38. The van der Waals surface area contributed by atoms with Crippen molar-refractivity contribution in [1.29, 1.82) is 0 Å². The first-order chi connectivity index (χ1) is 19.7. The van der Waals surface area contributed by atoms with Gasteiger partial charge in [-0.1, -0.05) is 12.1 Å². The number of methoxy groups -OCH3 is 1. The number of nitrogens with one attached hydrogen (secondary N) is 1. The third-order valence-corrected chi connectivity index (χ3v) is 7.39. The summed E-state index contributed by atoms with van der Waals surface area (Å²) < 4.78 is 17.5. The number of hydrogen-bond acceptors (Lipinski definition) is 9. The first-order valence-electron chi connectivity index (χ1n) is 12.2. The molecule has 1 N–H and O–H groups in total. The normalized spacial score (nSPS) is 13.8. The molecule has 1 heterocycles. The molecule has 0 spiro atoms. The van der Waals surface area contributed by atoms with Crippen molar-refractivity contribution < 1.29 is 33.5 Å². The van der Waals surface area contributed by atoms with Crippen molar-refractivity contribution in [2.24, 2.45) is 0 Å². The second kappa shape index (κ2) is 13.5. The molecule has 212 valence electrons. The van der Waals surface area contributed by atoms with Crippen LogP contribution in [-0.2, 0) is 16.2 Å². The molecule has 1 aliphatic heterocycles. The lowest BCUT2D eigenvalue weighted by atomic mass is 10.1. The fourth-order valence-electron chi connectivity index (χ4n) is 3.80. The quantitative estimate of drug-likeness (QED) is 0.114. The molecule has 11 nitrogen and oxygen atoms in total. The number of nitrogens with zero attached hydrogens (tertiary/aromatic N) is 2. The van der Waals surface area contributed by atoms with Crippen LogP contribution in [0.15, 0.2) is 65.6 Å². The van der Waals surface area contributed by atoms with Gasteiger partial charge in [-0.3, -0.25) is 29.4 Å². The average molecular weight is 689 g/mol. The second-order valence-electron chi connectivity index (χ2n) is 8.52. The summed E-state index contributed by atoms with van der Waals surface area (Å²) in [4.78, 5) is 49.7. The molecule has 3 aromatic rings. The standard InChI is InChI=1S/C28H24IN3O8S/c1-3-39-23-13-18(12-22(29)26(23)40-16-17-5-4-6-20(11-17)32(36)37)14-24-27(34)31(28(35)41-24)15-25(33)30-19-7-9-21(38-2)10-8-19/h4-14H,3,15-16H2,1-2H3,(H,30,33)/b24-14+. The molecule has 0 saturated carbocycles. The summed E-state index contributed by atoms with van der Waals surface area (Å²) in [5, 5.41) is 13.2. The van der Waals surface area contributed by atoms with Gasteiger partial charge in [0.1, 0.15) is 18.9 Å². The molecule has 1 fully saturated rings. The summed E-state index contributed by atoms with van der Waals surface area (Å²) in [5.74, 6) is 0.387. The van der Waals surface area contributed by atoms with Crippen molar-refractivity contribution in [3.63, 3.8) is 0 Å². The summed E-state index contributed by atoms with van der Waals surface area (Å²) in [6.07, 6.45) is 1.56. The van der Waals surface area contributed by atoms with Crippen molar-refractivity contribution in [3.05, 3.63) is 90.4 Å². The summed E-state index contributed by atoms with van der Waals surface area (Å²) in [7, 11) is 1.53. The Kier molecular flexibility index (Phi) is 9.83. The molecule has 3 amide bonds. The van der Waals surface area contributed by atoms with Crippen LogP contribution in [0.2, 0.25) is 0 Å². The van der Waals surface area contributed by atoms with Gasteiger partial charge in [-0.25, -0.2) is 0 Å². The smallest absolute Gasteiger partial charge is 0.294 e. The topological polar surface area (TPSA) is 137 Å². The molecule has 0 atom stereocenters. The minimum absolute atomic E-state index is 0.0339. The lowest BCUT2D eigenvalue weighted by Gasteiger charge is -2.15. The number of nitro benzene ring substituents is 1. The summed E-state index contributed by atoms with van der Waals surface area (Å²) in [6, 6.07) is 16.3. The molecule has 13 heteroatoms. The van der Waals surface area contributed by atoms with Gasteiger partial charge in [-0.2, -0.15) is 0 Å². The van der Waals surface area contributed by atoms with Crippen LogP contribution in [0.3, 0.4) is 0 Å². The van der Waals surface area contributed by atoms with E-state index >= 15 is 0 Å². The van der Waals surface area contributed by atoms with Gasteiger partial charge in [0.25, 0.3) is 16.8 Å². The van der Waals surface area contributed by atoms with E-state index in [1.54, 1.807) is 54.6 Å². The van der Waals surface area contributed by atoms with Gasteiger partial charge in [0.05, 0.1) is 27.1 Å². The number of carbonyl (C=O) groups excluding carboxylic acids is 3. The van der Waals surface area contributed by atoms with Crippen LogP contribution in [-0.4, -0.2) is 47.1 Å². The predicted molar refractivity (Wildman–Crippen MR) is 162 cm³/mol. The van der Waals surface area contributed by atoms with Gasteiger partial charge < -0.3 is 19.5 Å². The maximum Gasteiger partial charge on any atom is 0.294 e. The molecule has 1 saturated heterocycles. The SMILES string of the molecule is CCOc1cc(/C=C2/SC(=O)N(CC(=O)Nc3ccc(OC)cc3)C2=O)cc(I)c1OCc1cccc([N+](=O)[O-])c1. The fourth-order valence-corrected chi connectivity index (χ4v) is 5.42. The number of imide groups is 1. The van der Waals surface area contributed by atoms with E-state index in [4.69, 9.17) is 14.2 Å². The number of halogens is 1. The van der Waals surface area contributed by atoms with E-state index in [1.807, 2.05) is 6.92 Å². The summed E-state index contributed by atoms with van der Waals surface area (Å²) >= 11 is 2.81. The van der Waals surface area contributed by atoms with Crippen LogP contribution in [0.25, 0.3) is 6.08 Å². The molecule has 0 unspecified atom stereocenters. The predicted octanol–water partition coefficient (Wildman–Crippen LogP) is 5.86. The van der Waals surface area contributed by atoms with E-state index in [-0.39, 0.29) is 17.2 Å². The number of amides is 3. The Bertz CT molecular complexity index is 1530. The minimum atomic E-state index is -0.580. The van der Waals surface area contributed by atoms with Crippen molar-refractivity contribution in [1.82, 2.24) is 4.90 Å². The molecule has 0 aliphatic carbocycles. The molecule has 41 heavy (non-hydrogen) atoms. The van der Waals surface area contributed by atoms with Crippen LogP contribution < -0.4 is 19.5 Å². The molecule has 0 radical (unpaired) electrons. The number of benzene rings is 3. The lowest BCUT2D eigenvalue weighted by Crippen LogP contribution is -2.36. The first-order valence-corrected chi connectivity index (χ1v) is 14.1. The summed E-state index contributed by atoms with van der Waals surface area (Å²) in [6.45, 7) is 1.80. The van der Waals surface area contributed by atoms with Gasteiger partial charge in [-0.05, 0) is 94.9 Å². The highest BCUT2D eigenvalue weighted by Gasteiger charge is 2.36. The molecule has 0 bridgehead atoms. The van der Waals surface area contributed by atoms with Crippen LogP contribution in [0, 0.1) is 13.7 Å². The number of thioether (sulfide) groups is 1. The van der Waals surface area contributed by atoms with Crippen LogP contribution in [0.5, 0.6) is 17.2 Å². The van der Waals surface area contributed by atoms with E-state index in [2.05, 4.69) is 27.9 Å². The number of nitro groups is 1. The van der Waals surface area contributed by atoms with Gasteiger partial charge >= 0.3 is 0 Å². The van der Waals surface area contributed by atoms with E-state index in [0.717, 1.165) is 16.7 Å². The van der Waals surface area contributed by atoms with Crippen molar-refractivity contribution in [3.8, 4) is 17.2 Å². The van der Waals surface area contributed by atoms with Crippen LogP contribution in [0.4, 0.5) is 16.2 Å². The van der Waals surface area contributed by atoms with Gasteiger partial charge in [0.2, 0.25) is 5.91 Å². The number of rotatable bonds is 11. The monoisotopic (exact) mass is 689 g/mol. The molecular formula is C28H24IN3O8S. The maximum absolute atomic E-state index is 13.0. The Labute approximate surface area is 253 Å². The molecule has 0 aromatic heterocycles. The maximum atomic E-state index is 13.0. The van der Waals surface area contributed by atoms with Crippen molar-refractivity contribution in [2.75, 3.05) is 25.6 Å². The van der Waals surface area contributed by atoms with Gasteiger partial charge in [0, 0.05) is 17.8 Å². The molecule has 4 rings (SSSR count). The Hall–Kier alpha value is -4.11.